The summed E-state index contributed by atoms with van der Waals surface area (Å²) in [5.41, 5.74) is 2.84. The average molecular weight is 386 g/mol. The molecule has 0 bridgehead atoms. The number of aliphatic hydroxyl groups excluding tert-OH is 1. The Morgan fingerprint density at radius 2 is 2.07 bits per heavy atom. The third-order valence-electron chi connectivity index (χ3n) is 4.78. The lowest BCUT2D eigenvalue weighted by Gasteiger charge is -2.27. The monoisotopic (exact) mass is 386 g/mol. The molecule has 1 aromatic carbocycles. The van der Waals surface area contributed by atoms with Gasteiger partial charge in [0.05, 0.1) is 30.5 Å². The summed E-state index contributed by atoms with van der Waals surface area (Å²) in [5.74, 6) is 0.786. The maximum Gasteiger partial charge on any atom is 0.225 e. The lowest BCUT2D eigenvalue weighted by Crippen LogP contribution is -2.33. The van der Waals surface area contributed by atoms with Gasteiger partial charge in [0.25, 0.3) is 0 Å². The molecule has 0 saturated heterocycles. The number of aliphatic hydroxyl groups is 1. The minimum atomic E-state index is -0.869. The van der Waals surface area contributed by atoms with E-state index in [1.165, 1.54) is 10.5 Å². The second-order valence-corrected chi connectivity index (χ2v) is 7.82. The number of aromatic nitrogens is 2. The summed E-state index contributed by atoms with van der Waals surface area (Å²) in [6, 6.07) is 10.1. The summed E-state index contributed by atoms with van der Waals surface area (Å²) in [7, 11) is 3.37. The highest BCUT2D eigenvalue weighted by atomic mass is 16.5. The van der Waals surface area contributed by atoms with Gasteiger partial charge in [0.1, 0.15) is 11.9 Å². The molecule has 28 heavy (non-hydrogen) atoms. The third kappa shape index (κ3) is 5.11. The third-order valence-corrected chi connectivity index (χ3v) is 4.78. The van der Waals surface area contributed by atoms with Crippen LogP contribution in [0.2, 0.25) is 0 Å². The van der Waals surface area contributed by atoms with Gasteiger partial charge in [-0.2, -0.15) is 5.10 Å². The Morgan fingerprint density at radius 1 is 1.29 bits per heavy atom. The van der Waals surface area contributed by atoms with Crippen LogP contribution in [0, 0.1) is 0 Å². The fraction of sp³-hybridized carbons (Fsp3) is 0.524. The van der Waals surface area contributed by atoms with Crippen LogP contribution in [0.5, 0.6) is 5.75 Å². The molecule has 1 aliphatic rings. The number of fused-ring (bicyclic) bond motifs is 1. The van der Waals surface area contributed by atoms with Gasteiger partial charge in [-0.25, -0.2) is 0 Å². The van der Waals surface area contributed by atoms with E-state index >= 15 is 0 Å². The van der Waals surface area contributed by atoms with Gasteiger partial charge < -0.3 is 14.7 Å². The van der Waals surface area contributed by atoms with Crippen LogP contribution in [0.4, 0.5) is 0 Å². The van der Waals surface area contributed by atoms with Gasteiger partial charge in [0.2, 0.25) is 5.91 Å². The molecule has 7 nitrogen and oxygen atoms in total. The number of rotatable bonds is 7. The number of benzene rings is 1. The standard InChI is InChI=1S/C21H30N4O3/c1-15(2)28-18-7-5-6-16(10-18)13-24-8-9-25-17(14-24)11-19(22-25)20(26)12-21(27)23(3)4/h5-7,10-11,15,20,26H,8-9,12-14H2,1-4H3/t20-/m0/s1. The van der Waals surface area contributed by atoms with E-state index in [4.69, 9.17) is 4.74 Å². The van der Waals surface area contributed by atoms with Crippen molar-refractivity contribution in [2.24, 2.45) is 0 Å². The van der Waals surface area contributed by atoms with Crippen molar-refractivity contribution in [1.82, 2.24) is 19.6 Å². The fourth-order valence-corrected chi connectivity index (χ4v) is 3.34. The topological polar surface area (TPSA) is 70.8 Å². The number of amides is 1. The normalized spacial score (nSPS) is 15.4. The molecule has 0 aliphatic carbocycles. The number of carbonyl (C=O) groups is 1. The highest BCUT2D eigenvalue weighted by Gasteiger charge is 2.23. The van der Waals surface area contributed by atoms with Gasteiger partial charge in [-0.15, -0.1) is 0 Å². The summed E-state index contributed by atoms with van der Waals surface area (Å²) < 4.78 is 7.72. The van der Waals surface area contributed by atoms with Crippen molar-refractivity contribution in [3.05, 3.63) is 47.3 Å². The minimum absolute atomic E-state index is 0.0514. The molecule has 1 aromatic heterocycles. The smallest absolute Gasteiger partial charge is 0.225 e. The first kappa shape index (κ1) is 20.4. The molecule has 1 atom stereocenters. The molecule has 0 saturated carbocycles. The summed E-state index contributed by atoms with van der Waals surface area (Å²) in [4.78, 5) is 15.7. The molecule has 2 aromatic rings. The van der Waals surface area contributed by atoms with Gasteiger partial charge in [-0.1, -0.05) is 12.1 Å². The van der Waals surface area contributed by atoms with E-state index in [2.05, 4.69) is 22.1 Å². The van der Waals surface area contributed by atoms with Crippen molar-refractivity contribution in [3.8, 4) is 5.75 Å². The molecule has 1 N–H and O–H groups in total. The van der Waals surface area contributed by atoms with Crippen molar-refractivity contribution >= 4 is 5.91 Å². The maximum absolute atomic E-state index is 11.8. The zero-order valence-electron chi connectivity index (χ0n) is 17.1. The first-order valence-electron chi connectivity index (χ1n) is 9.74. The summed E-state index contributed by atoms with van der Waals surface area (Å²) in [5, 5.41) is 14.8. The molecule has 1 amide bonds. The van der Waals surface area contributed by atoms with E-state index in [9.17, 15) is 9.90 Å². The molecule has 152 valence electrons. The van der Waals surface area contributed by atoms with Crippen molar-refractivity contribution < 1.29 is 14.6 Å². The number of hydrogen-bond donors (Lipinski definition) is 1. The zero-order valence-corrected chi connectivity index (χ0v) is 17.1. The second-order valence-electron chi connectivity index (χ2n) is 7.82. The Hall–Kier alpha value is -2.38. The minimum Gasteiger partial charge on any atom is -0.491 e. The van der Waals surface area contributed by atoms with Crippen LogP contribution in [0.15, 0.2) is 30.3 Å². The Balaban J connectivity index is 1.63. The first-order valence-corrected chi connectivity index (χ1v) is 9.74. The quantitative estimate of drug-likeness (QED) is 0.790. The van der Waals surface area contributed by atoms with Crippen LogP contribution >= 0.6 is 0 Å². The molecule has 0 radical (unpaired) electrons. The van der Waals surface area contributed by atoms with Gasteiger partial charge in [0.15, 0.2) is 0 Å². The summed E-state index contributed by atoms with van der Waals surface area (Å²) in [6.07, 6.45) is -0.661. The van der Waals surface area contributed by atoms with Crippen molar-refractivity contribution in [2.75, 3.05) is 20.6 Å². The molecule has 1 aliphatic heterocycles. The van der Waals surface area contributed by atoms with Crippen LogP contribution < -0.4 is 4.74 Å². The molecular formula is C21H30N4O3. The average Bonchev–Trinajstić information content (AvgIpc) is 3.04. The number of carbonyl (C=O) groups excluding carboxylic acids is 1. The molecule has 0 spiro atoms. The predicted octanol–water partition coefficient (Wildman–Crippen LogP) is 2.20. The Kier molecular flexibility index (Phi) is 6.36. The van der Waals surface area contributed by atoms with Crippen LogP contribution in [0.1, 0.15) is 43.3 Å². The van der Waals surface area contributed by atoms with E-state index < -0.39 is 6.10 Å². The zero-order chi connectivity index (χ0) is 20.3. The summed E-state index contributed by atoms with van der Waals surface area (Å²) >= 11 is 0. The molecule has 0 unspecified atom stereocenters. The highest BCUT2D eigenvalue weighted by molar-refractivity contribution is 5.76. The van der Waals surface area contributed by atoms with Crippen LogP contribution in [0.3, 0.4) is 0 Å². The van der Waals surface area contributed by atoms with Gasteiger partial charge in [-0.05, 0) is 37.6 Å². The fourth-order valence-electron chi connectivity index (χ4n) is 3.34. The SMILES string of the molecule is CC(C)Oc1cccc(CN2CCn3nc([C@@H](O)CC(=O)N(C)C)cc3C2)c1. The van der Waals surface area contributed by atoms with Gasteiger partial charge in [0, 0.05) is 33.7 Å². The Morgan fingerprint density at radius 3 is 2.79 bits per heavy atom. The number of nitrogens with zero attached hydrogens (tertiary/aromatic N) is 4. The predicted molar refractivity (Wildman–Crippen MR) is 107 cm³/mol. The molecule has 0 fully saturated rings. The van der Waals surface area contributed by atoms with Crippen LogP contribution in [-0.4, -0.2) is 57.3 Å². The second kappa shape index (κ2) is 8.75. The van der Waals surface area contributed by atoms with E-state index in [0.717, 1.165) is 37.6 Å². The van der Waals surface area contributed by atoms with E-state index in [1.807, 2.05) is 36.7 Å². The van der Waals surface area contributed by atoms with Crippen molar-refractivity contribution in [3.63, 3.8) is 0 Å². The van der Waals surface area contributed by atoms with Crippen LogP contribution in [-0.2, 0) is 24.4 Å². The Labute approximate surface area is 166 Å². The van der Waals surface area contributed by atoms with Crippen LogP contribution in [0.25, 0.3) is 0 Å². The maximum atomic E-state index is 11.8. The largest absolute Gasteiger partial charge is 0.491 e. The first-order chi connectivity index (χ1) is 13.3. The lowest BCUT2D eigenvalue weighted by atomic mass is 10.1. The number of hydrogen-bond acceptors (Lipinski definition) is 5. The van der Waals surface area contributed by atoms with Gasteiger partial charge in [-0.3, -0.25) is 14.4 Å². The number of ether oxygens (including phenoxy) is 1. The van der Waals surface area contributed by atoms with Crippen molar-refractivity contribution in [2.45, 2.75) is 52.1 Å². The molecule has 7 heteroatoms. The lowest BCUT2D eigenvalue weighted by molar-refractivity contribution is -0.130. The summed E-state index contributed by atoms with van der Waals surface area (Å²) in [6.45, 7) is 7.29. The van der Waals surface area contributed by atoms with E-state index in [1.54, 1.807) is 14.1 Å². The van der Waals surface area contributed by atoms with Gasteiger partial charge >= 0.3 is 0 Å². The van der Waals surface area contributed by atoms with E-state index in [0.29, 0.717) is 5.69 Å². The van der Waals surface area contributed by atoms with E-state index in [-0.39, 0.29) is 18.4 Å². The molecular weight excluding hydrogens is 356 g/mol. The molecule has 3 rings (SSSR count). The Bertz CT molecular complexity index is 816. The van der Waals surface area contributed by atoms with Crippen molar-refractivity contribution in [1.29, 1.82) is 0 Å². The molecule has 2 heterocycles. The highest BCUT2D eigenvalue weighted by Crippen LogP contribution is 2.23.